The van der Waals surface area contributed by atoms with Crippen molar-refractivity contribution in [3.8, 4) is 0 Å². The van der Waals surface area contributed by atoms with Crippen LogP contribution in [-0.2, 0) is 10.2 Å². The van der Waals surface area contributed by atoms with E-state index in [0.29, 0.717) is 6.54 Å². The maximum Gasteiger partial charge on any atom is 1.00 e. The molecule has 1 heterocycles. The van der Waals surface area contributed by atoms with Crippen molar-refractivity contribution in [3.63, 3.8) is 0 Å². The molecule has 1 aliphatic rings. The van der Waals surface area contributed by atoms with Gasteiger partial charge in [-0.2, -0.15) is 0 Å². The van der Waals surface area contributed by atoms with Crippen LogP contribution in [0.4, 0.5) is 5.69 Å². The van der Waals surface area contributed by atoms with Gasteiger partial charge in [0, 0.05) is 38.4 Å². The second-order valence-electron chi connectivity index (χ2n) is 6.77. The van der Waals surface area contributed by atoms with Gasteiger partial charge in [0.25, 0.3) is 0 Å². The number of piperazine rings is 1. The molecule has 1 aromatic rings. The van der Waals surface area contributed by atoms with Crippen molar-refractivity contribution < 1.29 is 30.2 Å². The van der Waals surface area contributed by atoms with Crippen molar-refractivity contribution in [1.29, 1.82) is 0 Å². The first-order valence-corrected chi connectivity index (χ1v) is 7.66. The molecule has 0 aliphatic carbocycles. The van der Waals surface area contributed by atoms with Crippen LogP contribution < -0.4 is 23.8 Å². The molecule has 1 saturated heterocycles. The molecular weight excluding hydrogens is 271 g/mol. The topological polar surface area (TPSA) is 43.8 Å². The molecule has 2 rings (SSSR count). The fraction of sp³-hybridized carbons (Fsp3) is 0.588. The van der Waals surface area contributed by atoms with Crippen LogP contribution in [0.3, 0.4) is 0 Å². The van der Waals surface area contributed by atoms with Gasteiger partial charge in [0.05, 0.1) is 6.42 Å². The Morgan fingerprint density at radius 3 is 2.14 bits per heavy atom. The van der Waals surface area contributed by atoms with E-state index in [9.17, 15) is 4.79 Å². The first kappa shape index (κ1) is 19.1. The minimum atomic E-state index is -0.713. The number of carboxylic acid groups (broad SMARTS) is 1. The summed E-state index contributed by atoms with van der Waals surface area (Å²) >= 11 is 0. The van der Waals surface area contributed by atoms with Crippen LogP contribution in [0.5, 0.6) is 0 Å². The van der Waals surface area contributed by atoms with Crippen LogP contribution in [-0.4, -0.2) is 48.7 Å². The number of benzene rings is 1. The summed E-state index contributed by atoms with van der Waals surface area (Å²) in [5, 5.41) is 8.73. The van der Waals surface area contributed by atoms with Gasteiger partial charge in [0.2, 0.25) is 0 Å². The molecule has 1 fully saturated rings. The van der Waals surface area contributed by atoms with Gasteiger partial charge in [-0.1, -0.05) is 32.9 Å². The molecule has 5 heteroatoms. The monoisotopic (exact) mass is 298 g/mol. The van der Waals surface area contributed by atoms with Crippen LogP contribution in [0.25, 0.3) is 0 Å². The average molecular weight is 298 g/mol. The van der Waals surface area contributed by atoms with Crippen LogP contribution in [0.2, 0.25) is 0 Å². The SMILES string of the molecule is CC(C)(C)c1ccc(N2CCN(CCC(=O)O)CC2)cc1.[H-].[Li+]. The smallest absolute Gasteiger partial charge is 1.00 e. The summed E-state index contributed by atoms with van der Waals surface area (Å²) in [7, 11) is 0. The quantitative estimate of drug-likeness (QED) is 0.775. The predicted octanol–water partition coefficient (Wildman–Crippen LogP) is -0.303. The van der Waals surface area contributed by atoms with Crippen LogP contribution in [0.15, 0.2) is 24.3 Å². The predicted molar refractivity (Wildman–Crippen MR) is 87.2 cm³/mol. The van der Waals surface area contributed by atoms with Gasteiger partial charge in [0.15, 0.2) is 0 Å². The van der Waals surface area contributed by atoms with E-state index in [4.69, 9.17) is 5.11 Å². The van der Waals surface area contributed by atoms with Crippen molar-refractivity contribution in [1.82, 2.24) is 4.90 Å². The first-order chi connectivity index (χ1) is 9.86. The Balaban J connectivity index is 0.00000242. The average Bonchev–Trinajstić information content (AvgIpc) is 2.45. The Hall–Kier alpha value is -0.953. The number of carboxylic acids is 1. The van der Waals surface area contributed by atoms with E-state index in [1.54, 1.807) is 0 Å². The molecule has 0 spiro atoms. The molecule has 0 aromatic heterocycles. The third-order valence-corrected chi connectivity index (χ3v) is 4.11. The van der Waals surface area contributed by atoms with E-state index in [-0.39, 0.29) is 32.1 Å². The number of carbonyl (C=O) groups is 1. The van der Waals surface area contributed by atoms with E-state index in [1.165, 1.54) is 11.3 Å². The summed E-state index contributed by atoms with van der Waals surface area (Å²) < 4.78 is 0. The normalized spacial score (nSPS) is 16.2. The van der Waals surface area contributed by atoms with Gasteiger partial charge in [0.1, 0.15) is 0 Å². The Morgan fingerprint density at radius 1 is 1.14 bits per heavy atom. The molecule has 0 saturated carbocycles. The molecule has 0 unspecified atom stereocenters. The Bertz CT molecular complexity index is 480. The minimum absolute atomic E-state index is 0. The summed E-state index contributed by atoms with van der Waals surface area (Å²) in [6.45, 7) is 11.1. The van der Waals surface area contributed by atoms with Crippen LogP contribution in [0.1, 0.15) is 34.2 Å². The summed E-state index contributed by atoms with van der Waals surface area (Å²) in [5.74, 6) is -0.713. The zero-order valence-corrected chi connectivity index (χ0v) is 14.3. The van der Waals surface area contributed by atoms with Gasteiger partial charge >= 0.3 is 24.8 Å². The number of hydrogen-bond acceptors (Lipinski definition) is 3. The molecule has 118 valence electrons. The zero-order valence-electron chi connectivity index (χ0n) is 15.3. The first-order valence-electron chi connectivity index (χ1n) is 7.66. The molecule has 1 N–H and O–H groups in total. The molecule has 22 heavy (non-hydrogen) atoms. The van der Waals surface area contributed by atoms with E-state index in [1.807, 2.05) is 0 Å². The summed E-state index contributed by atoms with van der Waals surface area (Å²) in [4.78, 5) is 15.2. The molecule has 0 radical (unpaired) electrons. The Morgan fingerprint density at radius 2 is 1.68 bits per heavy atom. The number of nitrogens with zero attached hydrogens (tertiary/aromatic N) is 2. The number of hydrogen-bond donors (Lipinski definition) is 1. The Labute approximate surface area is 147 Å². The van der Waals surface area contributed by atoms with E-state index in [2.05, 4.69) is 54.8 Å². The molecule has 4 nitrogen and oxygen atoms in total. The maximum atomic E-state index is 10.6. The number of rotatable bonds is 4. The Kier molecular flexibility index (Phi) is 6.99. The number of anilines is 1. The molecule has 1 aliphatic heterocycles. The molecule has 0 amide bonds. The standard InChI is InChI=1S/C17H26N2O2.Li.H/c1-17(2,3)14-4-6-15(7-5-14)19-12-10-18(11-13-19)9-8-16(20)21;;/h4-7H,8-13H2,1-3H3,(H,20,21);;/q;+1;-1. The van der Waals surface area contributed by atoms with Crippen LogP contribution in [0, 0.1) is 0 Å². The zero-order chi connectivity index (χ0) is 15.5. The van der Waals surface area contributed by atoms with Crippen LogP contribution >= 0.6 is 0 Å². The van der Waals surface area contributed by atoms with Gasteiger partial charge < -0.3 is 11.4 Å². The summed E-state index contributed by atoms with van der Waals surface area (Å²) in [6.07, 6.45) is 0.236. The van der Waals surface area contributed by atoms with Gasteiger partial charge in [-0.3, -0.25) is 9.69 Å². The third-order valence-electron chi connectivity index (χ3n) is 4.11. The van der Waals surface area contributed by atoms with Crippen molar-refractivity contribution >= 4 is 11.7 Å². The molecular formula is C17H27LiN2O2. The van der Waals surface area contributed by atoms with E-state index < -0.39 is 5.97 Å². The molecule has 0 bridgehead atoms. The van der Waals surface area contributed by atoms with Gasteiger partial charge in [-0.25, -0.2) is 0 Å². The minimum Gasteiger partial charge on any atom is -1.00 e. The maximum absolute atomic E-state index is 10.6. The summed E-state index contributed by atoms with van der Waals surface area (Å²) in [6, 6.07) is 8.83. The molecule has 1 aromatic carbocycles. The van der Waals surface area contributed by atoms with Crippen molar-refractivity contribution in [2.75, 3.05) is 37.6 Å². The van der Waals surface area contributed by atoms with Gasteiger partial charge in [-0.15, -0.1) is 0 Å². The van der Waals surface area contributed by atoms with E-state index in [0.717, 1.165) is 26.2 Å². The fourth-order valence-corrected chi connectivity index (χ4v) is 2.66. The largest absolute Gasteiger partial charge is 1.00 e. The third kappa shape index (κ3) is 5.35. The number of aliphatic carboxylic acids is 1. The van der Waals surface area contributed by atoms with Crippen molar-refractivity contribution in [2.45, 2.75) is 32.6 Å². The van der Waals surface area contributed by atoms with Crippen molar-refractivity contribution in [3.05, 3.63) is 29.8 Å². The van der Waals surface area contributed by atoms with Crippen molar-refractivity contribution in [2.24, 2.45) is 0 Å². The fourth-order valence-electron chi connectivity index (χ4n) is 2.66. The summed E-state index contributed by atoms with van der Waals surface area (Å²) in [5.41, 5.74) is 2.81. The molecule has 0 atom stereocenters. The van der Waals surface area contributed by atoms with Gasteiger partial charge in [-0.05, 0) is 23.1 Å². The second kappa shape index (κ2) is 8.06. The second-order valence-corrected chi connectivity index (χ2v) is 6.77. The van der Waals surface area contributed by atoms with E-state index >= 15 is 0 Å².